The number of aliphatic hydroxyl groups excluding tert-OH is 3. The normalized spacial score (nSPS) is 27.3. The van der Waals surface area contributed by atoms with Crippen LogP contribution in [0.2, 0.25) is 0 Å². The van der Waals surface area contributed by atoms with Gasteiger partial charge in [-0.2, -0.15) is 4.98 Å². The molecule has 0 aromatic carbocycles. The van der Waals surface area contributed by atoms with Gasteiger partial charge in [-0.25, -0.2) is 4.79 Å². The molecule has 18 heavy (non-hydrogen) atoms. The second-order valence-electron chi connectivity index (χ2n) is 3.99. The molecule has 1 heterocycles. The Morgan fingerprint density at radius 1 is 1.50 bits per heavy atom. The molecular weight excluding hydrogens is 306 g/mol. The molecule has 5 N–H and O–H groups in total. The smallest absolute Gasteiger partial charge is 0.350 e. The number of rotatable bonds is 2. The van der Waals surface area contributed by atoms with E-state index in [2.05, 4.69) is 20.9 Å². The minimum Gasteiger partial charge on any atom is -0.392 e. The van der Waals surface area contributed by atoms with Crippen molar-refractivity contribution in [3.05, 3.63) is 32.8 Å². The van der Waals surface area contributed by atoms with Gasteiger partial charge in [0.25, 0.3) is 0 Å². The Labute approximate surface area is 110 Å². The van der Waals surface area contributed by atoms with Crippen molar-refractivity contribution in [2.75, 3.05) is 12.3 Å². The minimum atomic E-state index is -1.21. The molecule has 0 radical (unpaired) electrons. The quantitative estimate of drug-likeness (QED) is 0.507. The molecule has 0 fully saturated rings. The molecule has 0 amide bonds. The van der Waals surface area contributed by atoms with Gasteiger partial charge in [0.05, 0.1) is 17.1 Å². The monoisotopic (exact) mass is 317 g/mol. The molecule has 0 bridgehead atoms. The van der Waals surface area contributed by atoms with Gasteiger partial charge in [-0.05, 0) is 21.5 Å². The van der Waals surface area contributed by atoms with Crippen LogP contribution in [-0.2, 0) is 0 Å². The molecule has 0 saturated heterocycles. The summed E-state index contributed by atoms with van der Waals surface area (Å²) < 4.78 is 1.56. The van der Waals surface area contributed by atoms with Crippen molar-refractivity contribution in [1.82, 2.24) is 9.55 Å². The molecule has 1 aromatic rings. The highest BCUT2D eigenvalue weighted by Crippen LogP contribution is 2.29. The van der Waals surface area contributed by atoms with Crippen LogP contribution in [0.25, 0.3) is 0 Å². The second kappa shape index (κ2) is 4.81. The Morgan fingerprint density at radius 2 is 2.17 bits per heavy atom. The van der Waals surface area contributed by atoms with Crippen molar-refractivity contribution < 1.29 is 15.3 Å². The van der Waals surface area contributed by atoms with E-state index in [-0.39, 0.29) is 18.0 Å². The third kappa shape index (κ3) is 2.07. The second-order valence-corrected chi connectivity index (χ2v) is 4.84. The predicted octanol–water partition coefficient (Wildman–Crippen LogP) is -1.22. The number of anilines is 1. The first-order chi connectivity index (χ1) is 8.45. The first-order valence-corrected chi connectivity index (χ1v) is 5.96. The maximum atomic E-state index is 11.7. The van der Waals surface area contributed by atoms with Gasteiger partial charge < -0.3 is 21.1 Å². The Kier molecular flexibility index (Phi) is 3.53. The molecule has 3 atom stereocenters. The van der Waals surface area contributed by atoms with Gasteiger partial charge in [0.2, 0.25) is 0 Å². The van der Waals surface area contributed by atoms with E-state index in [1.165, 1.54) is 12.3 Å². The highest BCUT2D eigenvalue weighted by molar-refractivity contribution is 9.10. The summed E-state index contributed by atoms with van der Waals surface area (Å²) in [6.45, 7) is -0.382. The number of nitrogens with two attached hydrogens (primary N) is 1. The first-order valence-electron chi connectivity index (χ1n) is 5.17. The average Bonchev–Trinajstić information content (AvgIpc) is 2.61. The zero-order chi connectivity index (χ0) is 13.4. The van der Waals surface area contributed by atoms with E-state index in [4.69, 9.17) is 10.8 Å². The number of aliphatic hydroxyl groups is 3. The fraction of sp³-hybridized carbons (Fsp3) is 0.400. The summed E-state index contributed by atoms with van der Waals surface area (Å²) in [5.74, 6) is 0.0515. The van der Waals surface area contributed by atoms with E-state index in [1.807, 2.05) is 0 Å². The zero-order valence-electron chi connectivity index (χ0n) is 9.19. The largest absolute Gasteiger partial charge is 0.392 e. The number of aromatic nitrogens is 2. The molecule has 2 rings (SSSR count). The lowest BCUT2D eigenvalue weighted by molar-refractivity contribution is 0.0271. The molecule has 1 aromatic heterocycles. The van der Waals surface area contributed by atoms with Gasteiger partial charge in [0.15, 0.2) is 0 Å². The number of nitrogens with zero attached hydrogens (tertiary/aromatic N) is 2. The fourth-order valence-corrected chi connectivity index (χ4v) is 2.19. The summed E-state index contributed by atoms with van der Waals surface area (Å²) in [7, 11) is 0. The lowest BCUT2D eigenvalue weighted by Crippen LogP contribution is -2.35. The summed E-state index contributed by atoms with van der Waals surface area (Å²) in [6, 6.07) is -0.779. The Morgan fingerprint density at radius 3 is 2.72 bits per heavy atom. The van der Waals surface area contributed by atoms with Gasteiger partial charge in [-0.15, -0.1) is 0 Å². The molecule has 0 unspecified atom stereocenters. The van der Waals surface area contributed by atoms with Gasteiger partial charge >= 0.3 is 5.69 Å². The fourth-order valence-electron chi connectivity index (χ4n) is 1.88. The third-order valence-corrected chi connectivity index (χ3v) is 3.49. The van der Waals surface area contributed by atoms with Crippen LogP contribution in [-0.4, -0.2) is 43.7 Å². The third-order valence-electron chi connectivity index (χ3n) is 2.88. The van der Waals surface area contributed by atoms with Crippen LogP contribution in [0.5, 0.6) is 0 Å². The van der Waals surface area contributed by atoms with E-state index in [9.17, 15) is 15.0 Å². The SMILES string of the molecule is Nc1nc(=O)n([C@@H]2C=C(CO)[C@@H](O)[C@H]2O)cc1Br. The van der Waals surface area contributed by atoms with Crippen LogP contribution in [0.3, 0.4) is 0 Å². The molecule has 8 heteroatoms. The summed E-state index contributed by atoms with van der Waals surface area (Å²) >= 11 is 3.13. The van der Waals surface area contributed by atoms with Crippen molar-refractivity contribution in [3.63, 3.8) is 0 Å². The first kappa shape index (κ1) is 13.2. The van der Waals surface area contributed by atoms with E-state index in [0.29, 0.717) is 4.47 Å². The zero-order valence-corrected chi connectivity index (χ0v) is 10.8. The number of hydrogen-bond acceptors (Lipinski definition) is 6. The minimum absolute atomic E-state index is 0.0515. The van der Waals surface area contributed by atoms with Crippen molar-refractivity contribution in [2.45, 2.75) is 18.2 Å². The number of halogens is 1. The molecule has 7 nitrogen and oxygen atoms in total. The van der Waals surface area contributed by atoms with Crippen molar-refractivity contribution in [3.8, 4) is 0 Å². The number of nitrogen functional groups attached to an aromatic ring is 1. The summed E-state index contributed by atoms with van der Waals surface area (Å²) in [5, 5.41) is 28.5. The van der Waals surface area contributed by atoms with Crippen LogP contribution in [0.1, 0.15) is 6.04 Å². The summed E-state index contributed by atoms with van der Waals surface area (Å²) in [4.78, 5) is 15.3. The Balaban J connectivity index is 2.47. The topological polar surface area (TPSA) is 122 Å². The highest BCUT2D eigenvalue weighted by atomic mass is 79.9. The van der Waals surface area contributed by atoms with Crippen LogP contribution in [0.15, 0.2) is 27.1 Å². The average molecular weight is 318 g/mol. The van der Waals surface area contributed by atoms with Crippen LogP contribution in [0.4, 0.5) is 5.82 Å². The molecule has 1 aliphatic carbocycles. The van der Waals surface area contributed by atoms with E-state index in [0.717, 1.165) is 4.57 Å². The molecule has 0 saturated carbocycles. The van der Waals surface area contributed by atoms with Crippen molar-refractivity contribution in [2.24, 2.45) is 0 Å². The van der Waals surface area contributed by atoms with Gasteiger partial charge in [-0.3, -0.25) is 4.57 Å². The summed E-state index contributed by atoms with van der Waals surface area (Å²) in [5.41, 5.74) is 5.10. The Bertz CT molecular complexity index is 557. The summed E-state index contributed by atoms with van der Waals surface area (Å²) in [6.07, 6.45) is 0.439. The molecule has 1 aliphatic rings. The van der Waals surface area contributed by atoms with Gasteiger partial charge in [-0.1, -0.05) is 6.08 Å². The standard InChI is InChI=1S/C10H12BrN3O4/c11-5-2-14(10(18)13-9(5)12)6-1-4(3-15)7(16)8(6)17/h1-2,6-8,15-17H,3H2,(H2,12,13,18)/t6-,7-,8+/m1/s1. The van der Waals surface area contributed by atoms with Crippen LogP contribution in [0, 0.1) is 0 Å². The maximum Gasteiger partial charge on any atom is 0.350 e. The molecule has 0 aliphatic heterocycles. The molecule has 0 spiro atoms. The lowest BCUT2D eigenvalue weighted by Gasteiger charge is -2.19. The number of hydrogen-bond donors (Lipinski definition) is 4. The van der Waals surface area contributed by atoms with Crippen molar-refractivity contribution >= 4 is 21.7 Å². The Hall–Kier alpha value is -1.22. The van der Waals surface area contributed by atoms with Crippen LogP contribution < -0.4 is 11.4 Å². The molecule has 98 valence electrons. The maximum absolute atomic E-state index is 11.7. The van der Waals surface area contributed by atoms with Crippen molar-refractivity contribution in [1.29, 1.82) is 0 Å². The van der Waals surface area contributed by atoms with Gasteiger partial charge in [0.1, 0.15) is 18.0 Å². The lowest BCUT2D eigenvalue weighted by atomic mass is 10.1. The van der Waals surface area contributed by atoms with E-state index < -0.39 is 23.9 Å². The predicted molar refractivity (Wildman–Crippen MR) is 66.8 cm³/mol. The van der Waals surface area contributed by atoms with E-state index in [1.54, 1.807) is 0 Å². The molecular formula is C10H12BrN3O4. The van der Waals surface area contributed by atoms with Crippen LogP contribution >= 0.6 is 15.9 Å². The van der Waals surface area contributed by atoms with Gasteiger partial charge in [0, 0.05) is 6.20 Å². The van der Waals surface area contributed by atoms with E-state index >= 15 is 0 Å². The highest BCUT2D eigenvalue weighted by Gasteiger charge is 2.36.